The van der Waals surface area contributed by atoms with Gasteiger partial charge in [-0.05, 0) is 25.0 Å². The smallest absolute Gasteiger partial charge is 0.307 e. The van der Waals surface area contributed by atoms with Crippen LogP contribution in [0.2, 0.25) is 0 Å². The van der Waals surface area contributed by atoms with Crippen molar-refractivity contribution in [2.45, 2.75) is 18.8 Å². The average molecular weight is 274 g/mol. The summed E-state index contributed by atoms with van der Waals surface area (Å²) in [6, 6.07) is 4.45. The second-order valence-electron chi connectivity index (χ2n) is 5.16. The Labute approximate surface area is 115 Å². The van der Waals surface area contributed by atoms with Crippen molar-refractivity contribution in [1.82, 2.24) is 9.55 Å². The lowest BCUT2D eigenvalue weighted by atomic mass is 9.82. The molecule has 3 rings (SSSR count). The van der Waals surface area contributed by atoms with E-state index in [9.17, 15) is 14.3 Å². The molecule has 1 aromatic carbocycles. The van der Waals surface area contributed by atoms with Gasteiger partial charge in [0, 0.05) is 19.0 Å². The van der Waals surface area contributed by atoms with Crippen molar-refractivity contribution in [3.8, 4) is 0 Å². The molecule has 1 N–H and O–H groups in total. The average Bonchev–Trinajstić information content (AvgIpc) is 2.75. The van der Waals surface area contributed by atoms with Gasteiger partial charge in [-0.3, -0.25) is 4.79 Å². The number of aryl methyl sites for hydroxylation is 1. The highest BCUT2D eigenvalue weighted by Gasteiger charge is 2.33. The van der Waals surface area contributed by atoms with E-state index in [0.29, 0.717) is 24.2 Å². The fourth-order valence-corrected chi connectivity index (χ4v) is 2.90. The summed E-state index contributed by atoms with van der Waals surface area (Å²) in [7, 11) is 1.85. The zero-order valence-corrected chi connectivity index (χ0v) is 11.1. The number of benzene rings is 1. The number of carboxylic acid groups (broad SMARTS) is 1. The van der Waals surface area contributed by atoms with E-state index in [-0.39, 0.29) is 11.7 Å². The highest BCUT2D eigenvalue weighted by Crippen LogP contribution is 2.35. The van der Waals surface area contributed by atoms with Crippen LogP contribution in [0.3, 0.4) is 0 Å². The summed E-state index contributed by atoms with van der Waals surface area (Å²) < 4.78 is 15.1. The van der Waals surface area contributed by atoms with Crippen molar-refractivity contribution in [2.24, 2.45) is 13.0 Å². The summed E-state index contributed by atoms with van der Waals surface area (Å²) in [5, 5.41) is 9.35. The van der Waals surface area contributed by atoms with E-state index in [1.54, 1.807) is 6.07 Å². The quantitative estimate of drug-likeness (QED) is 0.857. The van der Waals surface area contributed by atoms with Gasteiger partial charge < -0.3 is 9.67 Å². The molecule has 4 nitrogen and oxygen atoms in total. The second-order valence-corrected chi connectivity index (χ2v) is 5.16. The fourth-order valence-electron chi connectivity index (χ4n) is 2.90. The number of hydrogen-bond acceptors (Lipinski definition) is 2. The number of aromatic nitrogens is 2. The third kappa shape index (κ3) is 1.99. The molecule has 1 aliphatic carbocycles. The summed E-state index contributed by atoms with van der Waals surface area (Å²) in [5.41, 5.74) is 1.39. The van der Waals surface area contributed by atoms with E-state index < -0.39 is 11.9 Å². The molecule has 20 heavy (non-hydrogen) atoms. The molecule has 0 spiro atoms. The van der Waals surface area contributed by atoms with Gasteiger partial charge in [-0.25, -0.2) is 9.37 Å². The van der Waals surface area contributed by atoms with Crippen LogP contribution in [0.1, 0.15) is 24.6 Å². The molecular weight excluding hydrogens is 259 g/mol. The predicted molar refractivity (Wildman–Crippen MR) is 72.9 cm³/mol. The third-order valence-corrected chi connectivity index (χ3v) is 3.96. The molecule has 0 fully saturated rings. The number of imidazole rings is 1. The van der Waals surface area contributed by atoms with Gasteiger partial charge in [0.05, 0.1) is 17.0 Å². The van der Waals surface area contributed by atoms with Crippen molar-refractivity contribution in [2.75, 3.05) is 0 Å². The number of carbonyl (C=O) groups is 1. The number of aliphatic carboxylic acids is 1. The lowest BCUT2D eigenvalue weighted by Gasteiger charge is -2.24. The molecular formula is C15H15FN2O2. The maximum atomic E-state index is 13.3. The number of halogens is 1. The zero-order chi connectivity index (χ0) is 14.3. The van der Waals surface area contributed by atoms with Gasteiger partial charge in [0.15, 0.2) is 0 Å². The number of hydrogen-bond donors (Lipinski definition) is 1. The molecule has 1 aromatic heterocycles. The molecule has 0 unspecified atom stereocenters. The van der Waals surface area contributed by atoms with Crippen LogP contribution in [0.15, 0.2) is 30.4 Å². The molecule has 2 aromatic rings. The summed E-state index contributed by atoms with van der Waals surface area (Å²) in [5.74, 6) is -1.07. The van der Waals surface area contributed by atoms with Crippen molar-refractivity contribution in [1.29, 1.82) is 0 Å². The Morgan fingerprint density at radius 3 is 2.90 bits per heavy atom. The van der Waals surface area contributed by atoms with Gasteiger partial charge >= 0.3 is 5.97 Å². The lowest BCUT2D eigenvalue weighted by molar-refractivity contribution is -0.142. The van der Waals surface area contributed by atoms with Crippen LogP contribution < -0.4 is 0 Å². The normalized spacial score (nSPS) is 22.3. The van der Waals surface area contributed by atoms with Crippen LogP contribution >= 0.6 is 0 Å². The number of nitrogens with zero attached hydrogens (tertiary/aromatic N) is 2. The first-order valence-corrected chi connectivity index (χ1v) is 6.57. The number of fused-ring (bicyclic) bond motifs is 1. The monoisotopic (exact) mass is 274 g/mol. The minimum Gasteiger partial charge on any atom is -0.481 e. The van der Waals surface area contributed by atoms with Gasteiger partial charge in [-0.2, -0.15) is 0 Å². The maximum Gasteiger partial charge on any atom is 0.307 e. The fraction of sp³-hybridized carbons (Fsp3) is 0.333. The van der Waals surface area contributed by atoms with Gasteiger partial charge in [-0.1, -0.05) is 12.2 Å². The van der Waals surface area contributed by atoms with E-state index in [4.69, 9.17) is 0 Å². The minimum absolute atomic E-state index is 0.169. The summed E-state index contributed by atoms with van der Waals surface area (Å²) in [4.78, 5) is 15.8. The second kappa shape index (κ2) is 4.74. The summed E-state index contributed by atoms with van der Waals surface area (Å²) in [6.45, 7) is 0. The molecule has 104 valence electrons. The van der Waals surface area contributed by atoms with E-state index in [2.05, 4.69) is 4.98 Å². The Bertz CT molecular complexity index is 705. The highest BCUT2D eigenvalue weighted by atomic mass is 19.1. The van der Waals surface area contributed by atoms with Gasteiger partial charge in [0.2, 0.25) is 0 Å². The number of rotatable bonds is 2. The Morgan fingerprint density at radius 2 is 2.15 bits per heavy atom. The van der Waals surface area contributed by atoms with Crippen LogP contribution in [0, 0.1) is 11.7 Å². The standard InChI is InChI=1S/C15H15FN2O2/c1-18-13-7-6-9(16)8-12(13)17-14(18)10-4-2-3-5-11(10)15(19)20/h2-3,6-8,10-11H,4-5H2,1H3,(H,19,20)/t10-,11+/m1/s1. The van der Waals surface area contributed by atoms with Crippen LogP contribution in [0.25, 0.3) is 11.0 Å². The Morgan fingerprint density at radius 1 is 1.40 bits per heavy atom. The van der Waals surface area contributed by atoms with Gasteiger partial charge in [0.1, 0.15) is 11.6 Å². The minimum atomic E-state index is -0.808. The molecule has 0 saturated heterocycles. The molecule has 0 radical (unpaired) electrons. The molecule has 0 amide bonds. The SMILES string of the molecule is Cn1c([C@@H]2CC=CC[C@@H]2C(=O)O)nc2cc(F)ccc21. The van der Waals surface area contributed by atoms with Crippen molar-refractivity contribution >= 4 is 17.0 Å². The third-order valence-electron chi connectivity index (χ3n) is 3.96. The molecule has 0 bridgehead atoms. The largest absolute Gasteiger partial charge is 0.481 e. The summed E-state index contributed by atoms with van der Waals surface area (Å²) >= 11 is 0. The first kappa shape index (κ1) is 12.8. The highest BCUT2D eigenvalue weighted by molar-refractivity contribution is 5.77. The van der Waals surface area contributed by atoms with E-state index in [0.717, 1.165) is 5.52 Å². The molecule has 5 heteroatoms. The van der Waals surface area contributed by atoms with E-state index in [1.807, 2.05) is 23.8 Å². The molecule has 0 saturated carbocycles. The zero-order valence-electron chi connectivity index (χ0n) is 11.1. The van der Waals surface area contributed by atoms with Crippen molar-refractivity contribution in [3.63, 3.8) is 0 Å². The van der Waals surface area contributed by atoms with Crippen molar-refractivity contribution in [3.05, 3.63) is 42.0 Å². The number of allylic oxidation sites excluding steroid dienone is 2. The summed E-state index contributed by atoms with van der Waals surface area (Å²) in [6.07, 6.45) is 5.05. The molecule has 0 aliphatic heterocycles. The van der Waals surface area contributed by atoms with Gasteiger partial charge in [0.25, 0.3) is 0 Å². The predicted octanol–water partition coefficient (Wildman–Crippen LogP) is 2.85. The van der Waals surface area contributed by atoms with E-state index in [1.165, 1.54) is 12.1 Å². The van der Waals surface area contributed by atoms with Crippen LogP contribution in [-0.4, -0.2) is 20.6 Å². The van der Waals surface area contributed by atoms with Gasteiger partial charge in [-0.15, -0.1) is 0 Å². The molecule has 1 aliphatic rings. The topological polar surface area (TPSA) is 55.1 Å². The van der Waals surface area contributed by atoms with Crippen LogP contribution in [-0.2, 0) is 11.8 Å². The lowest BCUT2D eigenvalue weighted by Crippen LogP contribution is -2.25. The van der Waals surface area contributed by atoms with Crippen LogP contribution in [0.5, 0.6) is 0 Å². The Hall–Kier alpha value is -2.17. The Balaban J connectivity index is 2.11. The molecule has 2 atom stereocenters. The molecule has 1 heterocycles. The van der Waals surface area contributed by atoms with Crippen LogP contribution in [0.4, 0.5) is 4.39 Å². The van der Waals surface area contributed by atoms with Crippen molar-refractivity contribution < 1.29 is 14.3 Å². The first-order chi connectivity index (χ1) is 9.58. The number of carboxylic acids is 1. The van der Waals surface area contributed by atoms with E-state index >= 15 is 0 Å². The Kier molecular flexibility index (Phi) is 3.04. The first-order valence-electron chi connectivity index (χ1n) is 6.57. The maximum absolute atomic E-state index is 13.3.